The van der Waals surface area contributed by atoms with E-state index in [4.69, 9.17) is 10.5 Å². The molecule has 1 aromatic rings. The highest BCUT2D eigenvalue weighted by molar-refractivity contribution is 8.16. The van der Waals surface area contributed by atoms with Crippen molar-refractivity contribution in [2.24, 2.45) is 16.6 Å². The maximum atomic E-state index is 13.1. The SMILES string of the molecule is COC(=O)C1=C(C)N=C2SC=C(CC(=O)N3CCCC(C(N)=O)C3)N2C1c1ccccc1. The predicted molar refractivity (Wildman–Crippen MR) is 122 cm³/mol. The fourth-order valence-corrected chi connectivity index (χ4v) is 5.36. The number of primary amides is 1. The smallest absolute Gasteiger partial charge is 0.338 e. The van der Waals surface area contributed by atoms with E-state index in [0.29, 0.717) is 30.8 Å². The molecule has 4 rings (SSSR count). The number of fused-ring (bicyclic) bond motifs is 1. The Morgan fingerprint density at radius 2 is 2.00 bits per heavy atom. The van der Waals surface area contributed by atoms with Crippen LogP contribution in [0.15, 0.2) is 57.7 Å². The van der Waals surface area contributed by atoms with Gasteiger partial charge >= 0.3 is 5.97 Å². The molecule has 0 saturated carbocycles. The number of ether oxygens (including phenoxy) is 1. The van der Waals surface area contributed by atoms with Crippen LogP contribution in [0.5, 0.6) is 0 Å². The zero-order valence-corrected chi connectivity index (χ0v) is 18.9. The van der Waals surface area contributed by atoms with Gasteiger partial charge in [0.15, 0.2) is 5.17 Å². The van der Waals surface area contributed by atoms with E-state index in [-0.39, 0.29) is 24.2 Å². The van der Waals surface area contributed by atoms with Gasteiger partial charge in [0.2, 0.25) is 11.8 Å². The number of amides is 2. The lowest BCUT2D eigenvalue weighted by Crippen LogP contribution is -2.45. The van der Waals surface area contributed by atoms with E-state index in [0.717, 1.165) is 22.8 Å². The lowest BCUT2D eigenvalue weighted by Gasteiger charge is -2.37. The van der Waals surface area contributed by atoms with Gasteiger partial charge in [-0.05, 0) is 30.7 Å². The average Bonchev–Trinajstić information content (AvgIpc) is 3.20. The standard InChI is InChI=1S/C23H26N4O4S/c1-14-19(22(30)31-2)20(15-7-4-3-5-8-15)27-17(13-32-23(27)25-14)11-18(28)26-10-6-9-16(12-26)21(24)29/h3-5,7-8,13,16,20H,6,9-12H2,1-2H3,(H2,24,29). The van der Waals surface area contributed by atoms with E-state index >= 15 is 0 Å². The number of esters is 1. The molecule has 0 spiro atoms. The minimum absolute atomic E-state index is 0.0678. The van der Waals surface area contributed by atoms with Gasteiger partial charge < -0.3 is 20.3 Å². The summed E-state index contributed by atoms with van der Waals surface area (Å²) >= 11 is 1.43. The summed E-state index contributed by atoms with van der Waals surface area (Å²) in [6.07, 6.45) is 1.61. The maximum Gasteiger partial charge on any atom is 0.338 e. The minimum atomic E-state index is -0.443. The van der Waals surface area contributed by atoms with Crippen LogP contribution in [-0.4, -0.2) is 53.0 Å². The number of carbonyl (C=O) groups excluding carboxylic acids is 3. The van der Waals surface area contributed by atoms with Gasteiger partial charge in [-0.1, -0.05) is 42.1 Å². The monoisotopic (exact) mass is 454 g/mol. The van der Waals surface area contributed by atoms with Crippen LogP contribution in [0.1, 0.15) is 37.8 Å². The largest absolute Gasteiger partial charge is 0.466 e. The number of nitrogens with zero attached hydrogens (tertiary/aromatic N) is 3. The van der Waals surface area contributed by atoms with Crippen molar-refractivity contribution in [2.45, 2.75) is 32.2 Å². The number of allylic oxidation sites excluding steroid dienone is 1. The van der Waals surface area contributed by atoms with E-state index in [9.17, 15) is 14.4 Å². The van der Waals surface area contributed by atoms with Crippen LogP contribution in [0, 0.1) is 5.92 Å². The number of methoxy groups -OCH3 is 1. The molecule has 3 aliphatic heterocycles. The number of hydrogen-bond donors (Lipinski definition) is 1. The molecule has 168 valence electrons. The Bertz CT molecular complexity index is 1030. The molecule has 2 atom stereocenters. The van der Waals surface area contributed by atoms with Gasteiger partial charge in [0.25, 0.3) is 0 Å². The quantitative estimate of drug-likeness (QED) is 0.686. The summed E-state index contributed by atoms with van der Waals surface area (Å²) in [7, 11) is 1.36. The lowest BCUT2D eigenvalue weighted by molar-refractivity contribution is -0.137. The predicted octanol–water partition coefficient (Wildman–Crippen LogP) is 2.55. The summed E-state index contributed by atoms with van der Waals surface area (Å²) in [5.74, 6) is -1.18. The number of nitrogens with two attached hydrogens (primary N) is 1. The molecule has 2 unspecified atom stereocenters. The first-order chi connectivity index (χ1) is 15.4. The van der Waals surface area contributed by atoms with Gasteiger partial charge in [0.05, 0.1) is 36.8 Å². The van der Waals surface area contributed by atoms with Gasteiger partial charge in [0.1, 0.15) is 0 Å². The van der Waals surface area contributed by atoms with E-state index in [1.54, 1.807) is 11.8 Å². The number of carbonyl (C=O) groups is 3. The van der Waals surface area contributed by atoms with Gasteiger partial charge in [-0.2, -0.15) is 0 Å². The van der Waals surface area contributed by atoms with Crippen molar-refractivity contribution >= 4 is 34.7 Å². The van der Waals surface area contributed by atoms with Crippen molar-refractivity contribution in [1.82, 2.24) is 9.80 Å². The molecule has 9 heteroatoms. The first-order valence-corrected chi connectivity index (χ1v) is 11.4. The molecule has 8 nitrogen and oxygen atoms in total. The summed E-state index contributed by atoms with van der Waals surface area (Å²) in [5, 5.41) is 2.64. The Kier molecular flexibility index (Phi) is 6.36. The zero-order chi connectivity index (χ0) is 22.8. The number of hydrogen-bond acceptors (Lipinski definition) is 7. The summed E-state index contributed by atoms with van der Waals surface area (Å²) in [6.45, 7) is 2.76. The molecule has 2 N–H and O–H groups in total. The number of thioether (sulfide) groups is 1. The molecule has 1 aromatic carbocycles. The minimum Gasteiger partial charge on any atom is -0.466 e. The van der Waals surface area contributed by atoms with Crippen LogP contribution in [0.4, 0.5) is 0 Å². The number of benzene rings is 1. The van der Waals surface area contributed by atoms with E-state index in [1.165, 1.54) is 18.9 Å². The third-order valence-corrected chi connectivity index (χ3v) is 6.92. The molecular weight excluding hydrogens is 428 g/mol. The summed E-state index contributed by atoms with van der Waals surface area (Å²) < 4.78 is 5.07. The maximum absolute atomic E-state index is 13.1. The molecule has 1 fully saturated rings. The lowest BCUT2D eigenvalue weighted by atomic mass is 9.93. The second-order valence-corrected chi connectivity index (χ2v) is 8.89. The Balaban J connectivity index is 1.62. The van der Waals surface area contributed by atoms with Gasteiger partial charge in [-0.15, -0.1) is 0 Å². The van der Waals surface area contributed by atoms with Crippen molar-refractivity contribution in [3.8, 4) is 0 Å². The highest BCUT2D eigenvalue weighted by atomic mass is 32.2. The highest BCUT2D eigenvalue weighted by Crippen LogP contribution is 2.44. The number of amidine groups is 1. The average molecular weight is 455 g/mol. The van der Waals surface area contributed by atoms with Crippen LogP contribution < -0.4 is 5.73 Å². The van der Waals surface area contributed by atoms with Crippen LogP contribution in [-0.2, 0) is 19.1 Å². The first-order valence-electron chi connectivity index (χ1n) is 10.6. The fraction of sp³-hybridized carbons (Fsp3) is 0.391. The van der Waals surface area contributed by atoms with Gasteiger partial charge in [-0.25, -0.2) is 9.79 Å². The topological polar surface area (TPSA) is 105 Å². The van der Waals surface area contributed by atoms with Gasteiger partial charge in [-0.3, -0.25) is 9.59 Å². The molecule has 1 saturated heterocycles. The Hall–Kier alpha value is -3.07. The van der Waals surface area contributed by atoms with Crippen molar-refractivity contribution < 1.29 is 19.1 Å². The van der Waals surface area contributed by atoms with Gasteiger partial charge in [0, 0.05) is 18.8 Å². The Labute approximate surface area is 191 Å². The number of aliphatic imine (C=N–C) groups is 1. The molecule has 3 heterocycles. The normalized spacial score (nSPS) is 22.8. The van der Waals surface area contributed by atoms with E-state index in [2.05, 4.69) is 4.99 Å². The molecule has 0 bridgehead atoms. The third kappa shape index (κ3) is 4.17. The molecular formula is C23H26N4O4S. The molecule has 0 radical (unpaired) electrons. The highest BCUT2D eigenvalue weighted by Gasteiger charge is 2.41. The van der Waals surface area contributed by atoms with Crippen molar-refractivity contribution in [3.05, 3.63) is 58.3 Å². The fourth-order valence-electron chi connectivity index (χ4n) is 4.39. The molecule has 2 amide bonds. The first kappa shape index (κ1) is 22.1. The van der Waals surface area contributed by atoms with Crippen LogP contribution >= 0.6 is 11.8 Å². The Morgan fingerprint density at radius 1 is 1.25 bits per heavy atom. The number of rotatable bonds is 5. The van der Waals surface area contributed by atoms with E-state index < -0.39 is 12.0 Å². The number of likely N-dealkylation sites (tertiary alicyclic amines) is 1. The van der Waals surface area contributed by atoms with Crippen molar-refractivity contribution in [3.63, 3.8) is 0 Å². The summed E-state index contributed by atoms with van der Waals surface area (Å²) in [5.41, 5.74) is 8.20. The van der Waals surface area contributed by atoms with Crippen LogP contribution in [0.25, 0.3) is 0 Å². The summed E-state index contributed by atoms with van der Waals surface area (Å²) in [4.78, 5) is 45.7. The second-order valence-electron chi connectivity index (χ2n) is 8.05. The van der Waals surface area contributed by atoms with E-state index in [1.807, 2.05) is 40.6 Å². The summed E-state index contributed by atoms with van der Waals surface area (Å²) in [6, 6.07) is 9.22. The van der Waals surface area contributed by atoms with Crippen LogP contribution in [0.2, 0.25) is 0 Å². The zero-order valence-electron chi connectivity index (χ0n) is 18.1. The molecule has 32 heavy (non-hydrogen) atoms. The molecule has 0 aromatic heterocycles. The van der Waals surface area contributed by atoms with Crippen LogP contribution in [0.3, 0.4) is 0 Å². The number of piperidine rings is 1. The second kappa shape index (κ2) is 9.20. The van der Waals surface area contributed by atoms with Crippen molar-refractivity contribution in [1.29, 1.82) is 0 Å². The molecule has 0 aliphatic carbocycles. The van der Waals surface area contributed by atoms with Crippen molar-refractivity contribution in [2.75, 3.05) is 20.2 Å². The molecule has 3 aliphatic rings. The Morgan fingerprint density at radius 3 is 2.69 bits per heavy atom. The third-order valence-electron chi connectivity index (χ3n) is 6.03.